The van der Waals surface area contributed by atoms with E-state index < -0.39 is 0 Å². The van der Waals surface area contributed by atoms with Crippen molar-refractivity contribution < 1.29 is 14.3 Å². The molecule has 2 amide bonds. The molecule has 0 fully saturated rings. The van der Waals surface area contributed by atoms with Gasteiger partial charge in [-0.2, -0.15) is 0 Å². The van der Waals surface area contributed by atoms with Gasteiger partial charge in [-0.05, 0) is 66.0 Å². The highest BCUT2D eigenvalue weighted by atomic mass is 32.1. The van der Waals surface area contributed by atoms with Crippen molar-refractivity contribution in [3.63, 3.8) is 0 Å². The minimum absolute atomic E-state index is 0.0214. The second-order valence-corrected chi connectivity index (χ2v) is 10.5. The summed E-state index contributed by atoms with van der Waals surface area (Å²) in [7, 11) is 0. The van der Waals surface area contributed by atoms with E-state index in [0.717, 1.165) is 18.4 Å². The van der Waals surface area contributed by atoms with E-state index in [4.69, 9.17) is 4.74 Å². The normalized spacial score (nSPS) is 15.1. The Balaban J connectivity index is 1.53. The summed E-state index contributed by atoms with van der Waals surface area (Å²) in [4.78, 5) is 31.9. The van der Waals surface area contributed by atoms with Crippen LogP contribution in [0.25, 0.3) is 0 Å². The monoisotopic (exact) mass is 490 g/mol. The fraction of sp³-hybridized carbons (Fsp3) is 0.379. The van der Waals surface area contributed by atoms with Crippen molar-refractivity contribution in [3.8, 4) is 5.75 Å². The van der Waals surface area contributed by atoms with Crippen LogP contribution in [0.5, 0.6) is 5.75 Å². The zero-order valence-corrected chi connectivity index (χ0v) is 21.6. The first-order chi connectivity index (χ1) is 16.9. The maximum Gasteiger partial charge on any atom is 0.260 e. The Bertz CT molecular complexity index is 1140. The van der Waals surface area contributed by atoms with E-state index in [0.29, 0.717) is 24.8 Å². The molecule has 1 atom stereocenters. The van der Waals surface area contributed by atoms with Gasteiger partial charge in [0.25, 0.3) is 5.91 Å². The lowest BCUT2D eigenvalue weighted by Crippen LogP contribution is -2.48. The molecule has 2 heterocycles. The summed E-state index contributed by atoms with van der Waals surface area (Å²) in [5.74, 6) is 0.894. The van der Waals surface area contributed by atoms with Crippen molar-refractivity contribution in [3.05, 3.63) is 87.6 Å². The average Bonchev–Trinajstić information content (AvgIpc) is 3.34. The molecule has 3 aromatic rings. The number of amides is 2. The van der Waals surface area contributed by atoms with Gasteiger partial charge in [0.1, 0.15) is 5.75 Å². The Labute approximate surface area is 212 Å². The molecule has 1 aromatic heterocycles. The van der Waals surface area contributed by atoms with Gasteiger partial charge in [0, 0.05) is 18.0 Å². The summed E-state index contributed by atoms with van der Waals surface area (Å²) >= 11 is 1.76. The number of hydrogen-bond donors (Lipinski definition) is 0. The second kappa shape index (κ2) is 11.5. The van der Waals surface area contributed by atoms with Crippen molar-refractivity contribution in [1.29, 1.82) is 0 Å². The summed E-state index contributed by atoms with van der Waals surface area (Å²) in [5, 5.41) is 2.11. The predicted octanol–water partition coefficient (Wildman–Crippen LogP) is 5.48. The molecular formula is C29H34N2O3S. The topological polar surface area (TPSA) is 49.9 Å². The summed E-state index contributed by atoms with van der Waals surface area (Å²) in [6.07, 6.45) is 1.68. The fourth-order valence-electron chi connectivity index (χ4n) is 4.53. The van der Waals surface area contributed by atoms with E-state index in [2.05, 4.69) is 44.4 Å². The molecule has 0 radical (unpaired) electrons. The first-order valence-electron chi connectivity index (χ1n) is 12.3. The van der Waals surface area contributed by atoms with Crippen LogP contribution in [0.2, 0.25) is 0 Å². The second-order valence-electron chi connectivity index (χ2n) is 9.49. The highest BCUT2D eigenvalue weighted by Gasteiger charge is 2.34. The van der Waals surface area contributed by atoms with Gasteiger partial charge in [0.15, 0.2) is 6.61 Å². The predicted molar refractivity (Wildman–Crippen MR) is 141 cm³/mol. The Morgan fingerprint density at radius 1 is 1.06 bits per heavy atom. The van der Waals surface area contributed by atoms with Crippen molar-refractivity contribution in [2.24, 2.45) is 5.92 Å². The average molecular weight is 491 g/mol. The molecular weight excluding hydrogens is 456 g/mol. The smallest absolute Gasteiger partial charge is 0.260 e. The van der Waals surface area contributed by atoms with E-state index in [-0.39, 0.29) is 31.0 Å². The Hall–Kier alpha value is -3.12. The molecule has 1 aliphatic rings. The van der Waals surface area contributed by atoms with Crippen molar-refractivity contribution >= 4 is 23.2 Å². The lowest BCUT2D eigenvalue weighted by atomic mass is 9.90. The lowest BCUT2D eigenvalue weighted by Gasteiger charge is -2.38. The third kappa shape index (κ3) is 6.12. The number of carbonyl (C=O) groups is 2. The largest absolute Gasteiger partial charge is 0.484 e. The van der Waals surface area contributed by atoms with E-state index in [1.165, 1.54) is 16.0 Å². The van der Waals surface area contributed by atoms with Crippen LogP contribution in [0.3, 0.4) is 0 Å². The van der Waals surface area contributed by atoms with Crippen LogP contribution >= 0.6 is 11.3 Å². The number of benzene rings is 2. The van der Waals surface area contributed by atoms with Crippen molar-refractivity contribution in [2.75, 3.05) is 26.2 Å². The Kier molecular flexibility index (Phi) is 8.24. The lowest BCUT2D eigenvalue weighted by molar-refractivity contribution is -0.143. The van der Waals surface area contributed by atoms with Crippen LogP contribution in [0.1, 0.15) is 47.9 Å². The number of aryl methyl sites for hydroxylation is 1. The van der Waals surface area contributed by atoms with Gasteiger partial charge in [-0.15, -0.1) is 11.3 Å². The number of carbonyl (C=O) groups excluding carboxylic acids is 2. The summed E-state index contributed by atoms with van der Waals surface area (Å²) < 4.78 is 5.71. The van der Waals surface area contributed by atoms with Gasteiger partial charge in [-0.3, -0.25) is 9.59 Å². The molecule has 0 spiro atoms. The first-order valence-corrected chi connectivity index (χ1v) is 13.2. The van der Waals surface area contributed by atoms with Crippen molar-refractivity contribution in [2.45, 2.75) is 39.7 Å². The van der Waals surface area contributed by atoms with Crippen LogP contribution < -0.4 is 4.74 Å². The number of rotatable bonds is 9. The number of ether oxygens (including phenoxy) is 1. The van der Waals surface area contributed by atoms with E-state index in [1.54, 1.807) is 16.2 Å². The number of nitrogens with zero attached hydrogens (tertiary/aromatic N) is 2. The molecule has 0 aliphatic carbocycles. The van der Waals surface area contributed by atoms with Gasteiger partial charge in [-0.1, -0.05) is 56.3 Å². The van der Waals surface area contributed by atoms with E-state index in [9.17, 15) is 9.59 Å². The minimum atomic E-state index is -0.163. The molecule has 0 N–H and O–H groups in total. The standard InChI is InChI=1S/C29H34N2O3S/c1-21(2)13-16-30(28(33)20-34-23-10-5-4-6-11-23)19-27(32)31-17-14-26-25(15-18-35-26)29(31)24-12-8-7-9-22(24)3/h4-12,15,18,21,29H,13-14,16-17,19-20H2,1-3H3. The van der Waals surface area contributed by atoms with E-state index >= 15 is 0 Å². The molecule has 5 nitrogen and oxygen atoms in total. The maximum absolute atomic E-state index is 13.8. The van der Waals surface area contributed by atoms with Crippen LogP contribution in [0.4, 0.5) is 0 Å². The molecule has 1 unspecified atom stereocenters. The van der Waals surface area contributed by atoms with E-state index in [1.807, 2.05) is 47.4 Å². The van der Waals surface area contributed by atoms with Crippen LogP contribution in [-0.4, -0.2) is 47.9 Å². The molecule has 0 bridgehead atoms. The molecule has 2 aromatic carbocycles. The summed E-state index contributed by atoms with van der Waals surface area (Å²) in [5.41, 5.74) is 3.52. The Morgan fingerprint density at radius 2 is 1.80 bits per heavy atom. The molecule has 0 saturated heterocycles. The van der Waals surface area contributed by atoms with Gasteiger partial charge >= 0.3 is 0 Å². The third-order valence-corrected chi connectivity index (χ3v) is 7.53. The molecule has 6 heteroatoms. The molecule has 184 valence electrons. The van der Waals surface area contributed by atoms with Crippen LogP contribution in [0.15, 0.2) is 66.0 Å². The van der Waals surface area contributed by atoms with Gasteiger partial charge in [0.05, 0.1) is 12.6 Å². The maximum atomic E-state index is 13.8. The van der Waals surface area contributed by atoms with Gasteiger partial charge in [-0.25, -0.2) is 0 Å². The van der Waals surface area contributed by atoms with Crippen molar-refractivity contribution in [1.82, 2.24) is 9.80 Å². The number of fused-ring (bicyclic) bond motifs is 1. The minimum Gasteiger partial charge on any atom is -0.484 e. The molecule has 1 aliphatic heterocycles. The summed E-state index contributed by atoms with van der Waals surface area (Å²) in [6.45, 7) is 7.52. The number of hydrogen-bond acceptors (Lipinski definition) is 4. The molecule has 4 rings (SSSR count). The highest BCUT2D eigenvalue weighted by Crippen LogP contribution is 2.39. The molecule has 35 heavy (non-hydrogen) atoms. The van der Waals surface area contributed by atoms with Crippen LogP contribution in [0, 0.1) is 12.8 Å². The molecule has 0 saturated carbocycles. The van der Waals surface area contributed by atoms with Gasteiger partial charge in [0.2, 0.25) is 5.91 Å². The zero-order valence-electron chi connectivity index (χ0n) is 20.8. The quantitative estimate of drug-likeness (QED) is 0.399. The first kappa shape index (κ1) is 25.0. The SMILES string of the molecule is Cc1ccccc1C1c2ccsc2CCN1C(=O)CN(CCC(C)C)C(=O)COc1ccccc1. The number of thiophene rings is 1. The zero-order chi connectivity index (χ0) is 24.8. The number of para-hydroxylation sites is 1. The fourth-order valence-corrected chi connectivity index (χ4v) is 5.43. The highest BCUT2D eigenvalue weighted by molar-refractivity contribution is 7.10. The van der Waals surface area contributed by atoms with Gasteiger partial charge < -0.3 is 14.5 Å². The Morgan fingerprint density at radius 3 is 2.54 bits per heavy atom. The third-order valence-electron chi connectivity index (χ3n) is 6.53. The summed E-state index contributed by atoms with van der Waals surface area (Å²) in [6, 6.07) is 19.6. The van der Waals surface area contributed by atoms with Crippen LogP contribution in [-0.2, 0) is 16.0 Å².